The maximum Gasteiger partial charge on any atom is 0.472 e. The fourth-order valence-corrected chi connectivity index (χ4v) is 6.99. The van der Waals surface area contributed by atoms with E-state index < -0.39 is 76.0 Å². The Hall–Kier alpha value is -3.46. The number of aliphatic carboxylic acids is 1. The number of nitrogens with two attached hydrogens (primary N) is 1. The lowest BCUT2D eigenvalue weighted by atomic mass is 9.89. The first kappa shape index (κ1) is 55.6. The zero-order valence-corrected chi connectivity index (χ0v) is 37.2. The maximum absolute atomic E-state index is 12.7. The van der Waals surface area contributed by atoms with Crippen LogP contribution >= 0.6 is 7.82 Å². The highest BCUT2D eigenvalue weighted by Gasteiger charge is 2.39. The highest BCUT2D eigenvalue weighted by Crippen LogP contribution is 2.43. The summed E-state index contributed by atoms with van der Waals surface area (Å²) in [6, 6.07) is -1.57. The van der Waals surface area contributed by atoms with Crippen molar-refractivity contribution >= 4 is 25.7 Å². The number of carbonyl (C=O) groups excluding carboxylic acids is 2. The van der Waals surface area contributed by atoms with Crippen molar-refractivity contribution in [2.75, 3.05) is 19.8 Å². The standard InChI is InChI=1S/C46H74NO13P/c1-3-5-7-8-9-10-11-12-13-14-15-16-17-18-19-20-25-29-44(51)57-34-38(35-58-61(55,56)59-36-41(47)46(53)54)60-45(52)30-26-22-21-24-28-39-40(43(50)33-42(39)49)32-31-37(48)27-23-6-4-2/h5,7,9-10,12-13,15-16,18-19,21,24,31-32,37-43,48-50H,3-4,6,8,11,14,17,20,22-23,25-30,33-36,47H2,1-2H3,(H,53,54)(H,55,56)/b7-5-,10-9-,13-12-,16-15-,19-18-,24-21+,32-31+/t37-,38+,39+,40+,41-,42-,43+/m0/s1. The molecule has 7 N–H and O–H groups in total. The van der Waals surface area contributed by atoms with Gasteiger partial charge in [-0.05, 0) is 76.5 Å². The molecule has 1 unspecified atom stereocenters. The van der Waals surface area contributed by atoms with Crippen LogP contribution in [0.3, 0.4) is 0 Å². The van der Waals surface area contributed by atoms with Gasteiger partial charge >= 0.3 is 25.7 Å². The maximum atomic E-state index is 12.7. The number of unbranched alkanes of at least 4 members (excludes halogenated alkanes) is 4. The molecule has 1 aliphatic rings. The van der Waals surface area contributed by atoms with Crippen LogP contribution in [-0.2, 0) is 37.5 Å². The number of esters is 2. The Labute approximate surface area is 363 Å². The number of phosphoric ester groups is 1. The van der Waals surface area contributed by atoms with Crippen LogP contribution in [0, 0.1) is 11.8 Å². The number of rotatable bonds is 35. The Bertz CT molecular complexity index is 1470. The molecule has 1 rings (SSSR count). The molecule has 61 heavy (non-hydrogen) atoms. The van der Waals surface area contributed by atoms with Crippen molar-refractivity contribution in [3.63, 3.8) is 0 Å². The Balaban J connectivity index is 2.56. The molecule has 1 aliphatic carbocycles. The summed E-state index contributed by atoms with van der Waals surface area (Å²) in [5.74, 6) is -3.19. The fraction of sp³-hybridized carbons (Fsp3) is 0.630. The molecule has 8 atom stereocenters. The number of hydrogen-bond acceptors (Lipinski definition) is 12. The first-order chi connectivity index (χ1) is 29.3. The minimum Gasteiger partial charge on any atom is -0.480 e. The van der Waals surface area contributed by atoms with Crippen molar-refractivity contribution in [3.8, 4) is 0 Å². The van der Waals surface area contributed by atoms with E-state index in [1.54, 1.807) is 6.08 Å². The summed E-state index contributed by atoms with van der Waals surface area (Å²) in [7, 11) is -4.80. The van der Waals surface area contributed by atoms with Gasteiger partial charge in [-0.2, -0.15) is 0 Å². The van der Waals surface area contributed by atoms with E-state index in [4.69, 9.17) is 24.8 Å². The number of carbonyl (C=O) groups is 3. The summed E-state index contributed by atoms with van der Waals surface area (Å²) in [6.45, 7) is 2.26. The van der Waals surface area contributed by atoms with Crippen LogP contribution in [0.4, 0.5) is 0 Å². The number of aliphatic hydroxyl groups is 3. The first-order valence-corrected chi connectivity index (χ1v) is 23.4. The Morgan fingerprint density at radius 1 is 0.738 bits per heavy atom. The van der Waals surface area contributed by atoms with E-state index >= 15 is 0 Å². The molecule has 0 aromatic carbocycles. The van der Waals surface area contributed by atoms with Crippen LogP contribution in [0.1, 0.15) is 123 Å². The first-order valence-electron chi connectivity index (χ1n) is 21.9. The number of allylic oxidation sites excluding steroid dienone is 12. The lowest BCUT2D eigenvalue weighted by molar-refractivity contribution is -0.161. The zero-order valence-electron chi connectivity index (χ0n) is 36.3. The largest absolute Gasteiger partial charge is 0.480 e. The number of phosphoric acid groups is 1. The summed E-state index contributed by atoms with van der Waals surface area (Å²) in [6.07, 6.45) is 36.1. The molecule has 346 valence electrons. The van der Waals surface area contributed by atoms with Crippen molar-refractivity contribution in [1.29, 1.82) is 0 Å². The van der Waals surface area contributed by atoms with Gasteiger partial charge in [0, 0.05) is 25.2 Å². The Morgan fingerprint density at radius 2 is 1.30 bits per heavy atom. The normalized spacial score (nSPS) is 21.2. The van der Waals surface area contributed by atoms with Crippen LogP contribution in [0.15, 0.2) is 85.1 Å². The third kappa shape index (κ3) is 29.5. The minimum atomic E-state index is -4.80. The average Bonchev–Trinajstić information content (AvgIpc) is 3.49. The molecule has 0 spiro atoms. The monoisotopic (exact) mass is 879 g/mol. The average molecular weight is 880 g/mol. The molecule has 14 nitrogen and oxygen atoms in total. The molecular weight excluding hydrogens is 805 g/mol. The molecule has 0 radical (unpaired) electrons. The van der Waals surface area contributed by atoms with Crippen molar-refractivity contribution < 1.29 is 62.8 Å². The second-order valence-electron chi connectivity index (χ2n) is 15.1. The smallest absolute Gasteiger partial charge is 0.472 e. The van der Waals surface area contributed by atoms with E-state index in [0.29, 0.717) is 38.5 Å². The molecule has 0 saturated heterocycles. The van der Waals surface area contributed by atoms with Crippen LogP contribution in [0.2, 0.25) is 0 Å². The van der Waals surface area contributed by atoms with E-state index in [1.165, 1.54) is 0 Å². The summed E-state index contributed by atoms with van der Waals surface area (Å²) >= 11 is 0. The Morgan fingerprint density at radius 3 is 1.89 bits per heavy atom. The topological polar surface area (TPSA) is 232 Å². The molecule has 0 aliphatic heterocycles. The van der Waals surface area contributed by atoms with E-state index in [9.17, 15) is 39.2 Å². The quantitative estimate of drug-likeness (QED) is 0.0154. The van der Waals surface area contributed by atoms with Gasteiger partial charge in [0.25, 0.3) is 0 Å². The van der Waals surface area contributed by atoms with Crippen LogP contribution in [0.25, 0.3) is 0 Å². The second-order valence-corrected chi connectivity index (χ2v) is 16.5. The van der Waals surface area contributed by atoms with E-state index in [-0.39, 0.29) is 31.1 Å². The van der Waals surface area contributed by atoms with Gasteiger partial charge in [-0.3, -0.25) is 23.4 Å². The van der Waals surface area contributed by atoms with Crippen LogP contribution < -0.4 is 5.73 Å². The Kier molecular flexibility index (Phi) is 31.9. The van der Waals surface area contributed by atoms with Gasteiger partial charge in [-0.15, -0.1) is 0 Å². The molecule has 0 aromatic rings. The summed E-state index contributed by atoms with van der Waals surface area (Å²) < 4.78 is 32.6. The van der Waals surface area contributed by atoms with Gasteiger partial charge in [-0.1, -0.05) is 118 Å². The van der Waals surface area contributed by atoms with Crippen molar-refractivity contribution in [2.24, 2.45) is 17.6 Å². The molecular formula is C46H74NO13P. The van der Waals surface area contributed by atoms with E-state index in [2.05, 4.69) is 67.0 Å². The molecule has 0 aromatic heterocycles. The van der Waals surface area contributed by atoms with Crippen LogP contribution in [0.5, 0.6) is 0 Å². The van der Waals surface area contributed by atoms with Crippen molar-refractivity contribution in [2.45, 2.75) is 153 Å². The van der Waals surface area contributed by atoms with E-state index in [1.807, 2.05) is 30.4 Å². The highest BCUT2D eigenvalue weighted by atomic mass is 31.2. The molecule has 0 amide bonds. The summed E-state index contributed by atoms with van der Waals surface area (Å²) in [5.41, 5.74) is 5.32. The molecule has 1 saturated carbocycles. The highest BCUT2D eigenvalue weighted by molar-refractivity contribution is 7.47. The van der Waals surface area contributed by atoms with Crippen LogP contribution in [-0.4, -0.2) is 93.5 Å². The molecule has 15 heteroatoms. The molecule has 0 bridgehead atoms. The van der Waals surface area contributed by atoms with Gasteiger partial charge in [0.2, 0.25) is 0 Å². The lowest BCUT2D eigenvalue weighted by Crippen LogP contribution is -2.34. The third-order valence-corrected chi connectivity index (χ3v) is 10.6. The fourth-order valence-electron chi connectivity index (χ4n) is 6.21. The van der Waals surface area contributed by atoms with E-state index in [0.717, 1.165) is 51.4 Å². The van der Waals surface area contributed by atoms with Crippen molar-refractivity contribution in [3.05, 3.63) is 85.1 Å². The SMILES string of the molecule is CC/C=C\C/C=C\C/C=C\C/C=C\C/C=C\CCCC(=O)OC[C@H](COP(=O)(O)OC[C@H](N)C(=O)O)OC(=O)CCC/C=C/C[C@@H]1[C@@H](/C=C/[C@@H](O)CCCCC)[C@H](O)C[C@@H]1O. The molecule has 1 fully saturated rings. The number of ether oxygens (including phenoxy) is 2. The number of hydrogen-bond donors (Lipinski definition) is 6. The lowest BCUT2D eigenvalue weighted by Gasteiger charge is -2.20. The second kappa shape index (κ2) is 35.1. The number of aliphatic hydroxyl groups excluding tert-OH is 3. The predicted octanol–water partition coefficient (Wildman–Crippen LogP) is 7.88. The van der Waals surface area contributed by atoms with Gasteiger partial charge in [0.15, 0.2) is 6.10 Å². The number of carboxylic acid groups (broad SMARTS) is 1. The summed E-state index contributed by atoms with van der Waals surface area (Å²) in [4.78, 5) is 46.2. The summed E-state index contributed by atoms with van der Waals surface area (Å²) in [5, 5.41) is 40.2. The van der Waals surface area contributed by atoms with Gasteiger partial charge in [0.1, 0.15) is 12.6 Å². The minimum absolute atomic E-state index is 0.0329. The third-order valence-electron chi connectivity index (χ3n) is 9.70. The van der Waals surface area contributed by atoms with Gasteiger partial charge < -0.3 is 40.5 Å². The number of carboxylic acids is 1. The van der Waals surface area contributed by atoms with Gasteiger partial charge in [0.05, 0.1) is 31.5 Å². The van der Waals surface area contributed by atoms with Gasteiger partial charge in [-0.25, -0.2) is 4.57 Å². The predicted molar refractivity (Wildman–Crippen MR) is 237 cm³/mol. The zero-order chi connectivity index (χ0) is 45.1. The van der Waals surface area contributed by atoms with Crippen molar-refractivity contribution in [1.82, 2.24) is 0 Å². The molecule has 0 heterocycles.